The largest absolute Gasteiger partial charge is 0.756 e. The molecule has 0 saturated carbocycles. The Bertz CT molecular complexity index is 1350. The number of allylic oxidation sites excluding steroid dienone is 5. The molecular weight excluding hydrogens is 972 g/mol. The van der Waals surface area contributed by atoms with Crippen molar-refractivity contribution in [3.63, 3.8) is 0 Å². The minimum Gasteiger partial charge on any atom is -0.756 e. The van der Waals surface area contributed by atoms with Crippen LogP contribution in [0.5, 0.6) is 0 Å². The number of amides is 1. The van der Waals surface area contributed by atoms with Crippen molar-refractivity contribution >= 4 is 13.7 Å². The zero-order valence-electron chi connectivity index (χ0n) is 52.2. The van der Waals surface area contributed by atoms with Crippen LogP contribution in [-0.2, 0) is 18.4 Å². The number of nitrogens with one attached hydrogen (secondary N) is 1. The number of likely N-dealkylation sites (N-methyl/N-ethyl adjacent to an activating group) is 1. The summed E-state index contributed by atoms with van der Waals surface area (Å²) in [6, 6.07) is -0.886. The average Bonchev–Trinajstić information content (AvgIpc) is 3.39. The minimum atomic E-state index is -4.60. The Balaban J connectivity index is 3.92. The van der Waals surface area contributed by atoms with E-state index in [4.69, 9.17) is 9.05 Å². The molecule has 3 atom stereocenters. The van der Waals surface area contributed by atoms with Crippen LogP contribution in [0.25, 0.3) is 0 Å². The van der Waals surface area contributed by atoms with Crippen molar-refractivity contribution in [1.82, 2.24) is 5.32 Å². The molecular formula is C68H133N2O6P. The molecule has 0 aliphatic rings. The molecule has 77 heavy (non-hydrogen) atoms. The maximum absolute atomic E-state index is 13.0. The third-order valence-corrected chi connectivity index (χ3v) is 16.6. The van der Waals surface area contributed by atoms with Gasteiger partial charge in [-0.3, -0.25) is 9.36 Å². The Kier molecular flexibility index (Phi) is 58.4. The van der Waals surface area contributed by atoms with E-state index in [2.05, 4.69) is 43.5 Å². The lowest BCUT2D eigenvalue weighted by molar-refractivity contribution is -0.870. The molecule has 0 rings (SSSR count). The molecule has 8 nitrogen and oxygen atoms in total. The fourth-order valence-corrected chi connectivity index (χ4v) is 11.0. The van der Waals surface area contributed by atoms with E-state index in [1.54, 1.807) is 6.08 Å². The summed E-state index contributed by atoms with van der Waals surface area (Å²) in [4.78, 5) is 25.5. The van der Waals surface area contributed by atoms with Crippen molar-refractivity contribution < 1.29 is 32.9 Å². The predicted molar refractivity (Wildman–Crippen MR) is 335 cm³/mol. The van der Waals surface area contributed by atoms with E-state index in [1.807, 2.05) is 27.2 Å². The van der Waals surface area contributed by atoms with Crippen LogP contribution in [0, 0.1) is 0 Å². The second-order valence-electron chi connectivity index (χ2n) is 24.5. The van der Waals surface area contributed by atoms with Gasteiger partial charge in [0.25, 0.3) is 7.82 Å². The van der Waals surface area contributed by atoms with Crippen molar-refractivity contribution in [2.24, 2.45) is 0 Å². The topological polar surface area (TPSA) is 108 Å². The van der Waals surface area contributed by atoms with Gasteiger partial charge in [0, 0.05) is 6.42 Å². The lowest BCUT2D eigenvalue weighted by atomic mass is 10.0. The number of carbonyl (C=O) groups excluding carboxylic acids is 1. The first kappa shape index (κ1) is 75.7. The summed E-state index contributed by atoms with van der Waals surface area (Å²) in [5.41, 5.74) is 0. The van der Waals surface area contributed by atoms with Gasteiger partial charge in [-0.05, 0) is 51.4 Å². The normalized spacial score (nSPS) is 13.9. The SMILES string of the molecule is CCCCCCCCCCCCCCCC/C=C/C(O)C(COP(=O)([O-])OCC[N+](C)(C)C)NC(=O)CCCCCCCCCCCCCCCCCCC/C=C\C/C=C\CCCCCCCCCCCCCCCCC. The molecule has 0 aromatic heterocycles. The Morgan fingerprint density at radius 3 is 1.08 bits per heavy atom. The summed E-state index contributed by atoms with van der Waals surface area (Å²) in [5, 5.41) is 13.9. The van der Waals surface area contributed by atoms with Crippen molar-refractivity contribution in [3.8, 4) is 0 Å². The molecule has 1 amide bonds. The molecule has 0 aromatic carbocycles. The highest BCUT2D eigenvalue weighted by atomic mass is 31.2. The van der Waals surface area contributed by atoms with Gasteiger partial charge in [-0.15, -0.1) is 0 Å². The Morgan fingerprint density at radius 1 is 0.455 bits per heavy atom. The van der Waals surface area contributed by atoms with E-state index >= 15 is 0 Å². The summed E-state index contributed by atoms with van der Waals surface area (Å²) in [7, 11) is 1.27. The number of unbranched alkanes of at least 4 members (excludes halogenated alkanes) is 46. The monoisotopic (exact) mass is 1100 g/mol. The van der Waals surface area contributed by atoms with E-state index in [0.29, 0.717) is 17.4 Å². The quantitative estimate of drug-likeness (QED) is 0.0272. The average molecular weight is 1110 g/mol. The number of hydrogen-bond donors (Lipinski definition) is 2. The zero-order chi connectivity index (χ0) is 56.3. The Morgan fingerprint density at radius 2 is 0.753 bits per heavy atom. The maximum Gasteiger partial charge on any atom is 0.268 e. The number of aliphatic hydroxyl groups is 1. The van der Waals surface area contributed by atoms with Crippen LogP contribution in [0.2, 0.25) is 0 Å². The molecule has 3 unspecified atom stereocenters. The summed E-state index contributed by atoms with van der Waals surface area (Å²) in [6.07, 6.45) is 78.4. The van der Waals surface area contributed by atoms with Gasteiger partial charge in [0.2, 0.25) is 5.91 Å². The summed E-state index contributed by atoms with van der Waals surface area (Å²) < 4.78 is 23.4. The van der Waals surface area contributed by atoms with Crippen molar-refractivity contribution in [1.29, 1.82) is 0 Å². The number of nitrogens with zero attached hydrogens (tertiary/aromatic N) is 1. The highest BCUT2D eigenvalue weighted by molar-refractivity contribution is 7.45. The second-order valence-corrected chi connectivity index (χ2v) is 25.9. The van der Waals surface area contributed by atoms with Gasteiger partial charge in [-0.25, -0.2) is 0 Å². The highest BCUT2D eigenvalue weighted by Gasteiger charge is 2.23. The lowest BCUT2D eigenvalue weighted by Gasteiger charge is -2.29. The molecule has 0 fully saturated rings. The van der Waals surface area contributed by atoms with Crippen LogP contribution in [0.4, 0.5) is 0 Å². The van der Waals surface area contributed by atoms with E-state index in [0.717, 1.165) is 44.9 Å². The minimum absolute atomic E-state index is 0.000481. The van der Waals surface area contributed by atoms with Gasteiger partial charge < -0.3 is 28.8 Å². The maximum atomic E-state index is 13.0. The summed E-state index contributed by atoms with van der Waals surface area (Å²) in [5.74, 6) is -0.192. The van der Waals surface area contributed by atoms with E-state index < -0.39 is 20.0 Å². The van der Waals surface area contributed by atoms with Crippen LogP contribution in [0.3, 0.4) is 0 Å². The number of carbonyl (C=O) groups is 1. The molecule has 0 spiro atoms. The molecule has 456 valence electrons. The number of hydrogen-bond acceptors (Lipinski definition) is 6. The number of phosphoric acid groups is 1. The Hall–Kier alpha value is -1.28. The summed E-state index contributed by atoms with van der Waals surface area (Å²) in [6.45, 7) is 4.69. The van der Waals surface area contributed by atoms with Crippen LogP contribution in [-0.4, -0.2) is 68.5 Å². The van der Waals surface area contributed by atoms with Gasteiger partial charge in [0.05, 0.1) is 39.9 Å². The van der Waals surface area contributed by atoms with E-state index in [1.165, 1.54) is 276 Å². The predicted octanol–water partition coefficient (Wildman–Crippen LogP) is 20.6. The van der Waals surface area contributed by atoms with E-state index in [-0.39, 0.29) is 19.1 Å². The fraction of sp³-hybridized carbons (Fsp3) is 0.897. The molecule has 0 bridgehead atoms. The molecule has 0 heterocycles. The molecule has 0 radical (unpaired) electrons. The van der Waals surface area contributed by atoms with Crippen LogP contribution in [0.1, 0.15) is 341 Å². The first-order valence-electron chi connectivity index (χ1n) is 33.9. The van der Waals surface area contributed by atoms with Crippen molar-refractivity contribution in [2.45, 2.75) is 353 Å². The standard InChI is InChI=1S/C68H133N2O6P/c1-6-8-10-12-14-16-18-20-22-24-25-26-27-28-29-30-31-32-33-34-35-36-37-38-39-40-41-42-43-44-45-46-48-50-52-54-56-58-60-62-68(72)69-66(65-76-77(73,74)75-64-63-70(3,4)5)67(71)61-59-57-55-53-51-49-47-23-21-19-17-15-13-11-9-7-2/h31-32,34-35,59,61,66-67,71H,6-30,33,36-58,60,62-65H2,1-5H3,(H-,69,72,73,74)/b32-31-,35-34-,61-59+. The van der Waals surface area contributed by atoms with Crippen LogP contribution >= 0.6 is 7.82 Å². The van der Waals surface area contributed by atoms with E-state index in [9.17, 15) is 19.4 Å². The van der Waals surface area contributed by atoms with Crippen LogP contribution < -0.4 is 10.2 Å². The molecule has 0 aromatic rings. The number of phosphoric ester groups is 1. The number of quaternary nitrogens is 1. The summed E-state index contributed by atoms with van der Waals surface area (Å²) >= 11 is 0. The van der Waals surface area contributed by atoms with Crippen LogP contribution in [0.15, 0.2) is 36.5 Å². The lowest BCUT2D eigenvalue weighted by Crippen LogP contribution is -2.45. The third-order valence-electron chi connectivity index (χ3n) is 15.6. The first-order valence-corrected chi connectivity index (χ1v) is 35.3. The second kappa shape index (κ2) is 59.3. The Labute approximate surface area is 480 Å². The van der Waals surface area contributed by atoms with Gasteiger partial charge in [0.15, 0.2) is 0 Å². The van der Waals surface area contributed by atoms with Gasteiger partial charge >= 0.3 is 0 Å². The molecule has 0 aliphatic carbocycles. The number of rotatable bonds is 63. The first-order chi connectivity index (χ1) is 37.5. The molecule has 0 aliphatic heterocycles. The smallest absolute Gasteiger partial charge is 0.268 e. The fourth-order valence-electron chi connectivity index (χ4n) is 10.3. The van der Waals surface area contributed by atoms with Gasteiger partial charge in [0.1, 0.15) is 13.2 Å². The van der Waals surface area contributed by atoms with Gasteiger partial charge in [-0.1, -0.05) is 320 Å². The molecule has 0 saturated heterocycles. The third kappa shape index (κ3) is 62.2. The molecule has 2 N–H and O–H groups in total. The zero-order valence-corrected chi connectivity index (χ0v) is 53.1. The van der Waals surface area contributed by atoms with Crippen molar-refractivity contribution in [3.05, 3.63) is 36.5 Å². The molecule has 9 heteroatoms. The van der Waals surface area contributed by atoms with Crippen molar-refractivity contribution in [2.75, 3.05) is 40.9 Å². The number of aliphatic hydroxyl groups excluding tert-OH is 1. The van der Waals surface area contributed by atoms with Gasteiger partial charge in [-0.2, -0.15) is 0 Å². The highest BCUT2D eigenvalue weighted by Crippen LogP contribution is 2.38.